The number of benzene rings is 1. The number of carboxylic acids is 1. The van der Waals surface area contributed by atoms with Crippen molar-refractivity contribution in [3.05, 3.63) is 53.6 Å². The monoisotopic (exact) mass is 258 g/mol. The maximum absolute atomic E-state index is 13.4. The molecule has 0 bridgehead atoms. The fraction of sp³-hybridized carbons (Fsp3) is 0. The van der Waals surface area contributed by atoms with Gasteiger partial charge in [0.05, 0.1) is 5.56 Å². The van der Waals surface area contributed by atoms with Gasteiger partial charge in [0, 0.05) is 12.3 Å². The molecular formula is C13H7FN2O3. The van der Waals surface area contributed by atoms with Gasteiger partial charge in [0.2, 0.25) is 0 Å². The number of nitrogens with zero attached hydrogens (tertiary/aromatic N) is 2. The van der Waals surface area contributed by atoms with Gasteiger partial charge < -0.3 is 9.84 Å². The molecule has 1 aromatic heterocycles. The van der Waals surface area contributed by atoms with Crippen LogP contribution in [0.1, 0.15) is 16.1 Å². The molecule has 1 aromatic carbocycles. The summed E-state index contributed by atoms with van der Waals surface area (Å²) in [5.74, 6) is -2.00. The summed E-state index contributed by atoms with van der Waals surface area (Å²) in [5.41, 5.74) is -0.385. The molecule has 0 atom stereocenters. The topological polar surface area (TPSA) is 83.2 Å². The normalized spacial score (nSPS) is 9.68. The third-order valence-corrected chi connectivity index (χ3v) is 2.28. The SMILES string of the molecule is N#Cc1ncccc1Oc1ccc(C(=O)O)c(F)c1. The van der Waals surface area contributed by atoms with Crippen LogP contribution >= 0.6 is 0 Å². The first-order valence-electron chi connectivity index (χ1n) is 5.17. The molecule has 0 amide bonds. The van der Waals surface area contributed by atoms with Crippen LogP contribution in [0.25, 0.3) is 0 Å². The standard InChI is InChI=1S/C13H7FN2O3/c14-10-6-8(3-4-9(10)13(17)18)19-12-2-1-5-16-11(12)7-15/h1-6H,(H,17,18). The lowest BCUT2D eigenvalue weighted by Crippen LogP contribution is -2.00. The number of pyridine rings is 1. The van der Waals surface area contributed by atoms with E-state index in [0.29, 0.717) is 0 Å². The van der Waals surface area contributed by atoms with Crippen molar-refractivity contribution in [2.45, 2.75) is 0 Å². The highest BCUT2D eigenvalue weighted by molar-refractivity contribution is 5.88. The number of nitriles is 1. The van der Waals surface area contributed by atoms with Gasteiger partial charge in [-0.15, -0.1) is 0 Å². The minimum atomic E-state index is -1.36. The van der Waals surface area contributed by atoms with Crippen LogP contribution in [0.2, 0.25) is 0 Å². The lowest BCUT2D eigenvalue weighted by Gasteiger charge is -2.07. The summed E-state index contributed by atoms with van der Waals surface area (Å²) >= 11 is 0. The van der Waals surface area contributed by atoms with E-state index in [0.717, 1.165) is 12.1 Å². The predicted molar refractivity (Wildman–Crippen MR) is 62.4 cm³/mol. The summed E-state index contributed by atoms with van der Waals surface area (Å²) in [7, 11) is 0. The van der Waals surface area contributed by atoms with Crippen molar-refractivity contribution in [1.82, 2.24) is 4.98 Å². The highest BCUT2D eigenvalue weighted by atomic mass is 19.1. The first kappa shape index (κ1) is 12.5. The molecule has 0 aliphatic heterocycles. The van der Waals surface area contributed by atoms with E-state index in [2.05, 4.69) is 4.98 Å². The van der Waals surface area contributed by atoms with Gasteiger partial charge in [-0.2, -0.15) is 5.26 Å². The van der Waals surface area contributed by atoms with E-state index in [9.17, 15) is 9.18 Å². The van der Waals surface area contributed by atoms with E-state index in [1.165, 1.54) is 18.3 Å². The van der Waals surface area contributed by atoms with Crippen molar-refractivity contribution in [2.75, 3.05) is 0 Å². The number of hydrogen-bond donors (Lipinski definition) is 1. The van der Waals surface area contributed by atoms with Crippen molar-refractivity contribution in [3.63, 3.8) is 0 Å². The Hall–Kier alpha value is -2.94. The number of hydrogen-bond acceptors (Lipinski definition) is 4. The summed E-state index contributed by atoms with van der Waals surface area (Å²) in [6, 6.07) is 8.25. The van der Waals surface area contributed by atoms with Gasteiger partial charge in [0.1, 0.15) is 17.6 Å². The molecule has 1 heterocycles. The van der Waals surface area contributed by atoms with Gasteiger partial charge in [0.15, 0.2) is 11.4 Å². The van der Waals surface area contributed by atoms with E-state index in [1.807, 2.05) is 6.07 Å². The minimum Gasteiger partial charge on any atom is -0.478 e. The Morgan fingerprint density at radius 3 is 2.84 bits per heavy atom. The molecule has 2 aromatic rings. The van der Waals surface area contributed by atoms with Crippen LogP contribution in [0, 0.1) is 17.1 Å². The maximum atomic E-state index is 13.4. The number of aromatic carboxylic acids is 1. The maximum Gasteiger partial charge on any atom is 0.338 e. The Kier molecular flexibility index (Phi) is 3.39. The summed E-state index contributed by atoms with van der Waals surface area (Å²) in [4.78, 5) is 14.4. The zero-order valence-corrected chi connectivity index (χ0v) is 9.50. The molecule has 0 radical (unpaired) electrons. The highest BCUT2D eigenvalue weighted by Crippen LogP contribution is 2.25. The fourth-order valence-electron chi connectivity index (χ4n) is 1.42. The van der Waals surface area contributed by atoms with E-state index in [4.69, 9.17) is 15.1 Å². The molecule has 2 rings (SSSR count). The summed E-state index contributed by atoms with van der Waals surface area (Å²) in [6.07, 6.45) is 1.43. The highest BCUT2D eigenvalue weighted by Gasteiger charge is 2.12. The number of carboxylic acid groups (broad SMARTS) is 1. The van der Waals surface area contributed by atoms with Gasteiger partial charge in [-0.25, -0.2) is 14.2 Å². The van der Waals surface area contributed by atoms with Crippen molar-refractivity contribution in [2.24, 2.45) is 0 Å². The number of ether oxygens (including phenoxy) is 1. The van der Waals surface area contributed by atoms with Crippen LogP contribution in [0.5, 0.6) is 11.5 Å². The quantitative estimate of drug-likeness (QED) is 0.914. The Bertz CT molecular complexity index is 680. The zero-order chi connectivity index (χ0) is 13.8. The van der Waals surface area contributed by atoms with Crippen LogP contribution in [0.15, 0.2) is 36.5 Å². The summed E-state index contributed by atoms with van der Waals surface area (Å²) in [5, 5.41) is 17.5. The molecule has 0 aliphatic carbocycles. The molecule has 0 aliphatic rings. The van der Waals surface area contributed by atoms with Crippen molar-refractivity contribution >= 4 is 5.97 Å². The lowest BCUT2D eigenvalue weighted by atomic mass is 10.2. The van der Waals surface area contributed by atoms with Crippen LogP contribution in [-0.4, -0.2) is 16.1 Å². The molecule has 6 heteroatoms. The minimum absolute atomic E-state index is 0.0604. The third kappa shape index (κ3) is 2.66. The van der Waals surface area contributed by atoms with Gasteiger partial charge in [-0.3, -0.25) is 0 Å². The largest absolute Gasteiger partial charge is 0.478 e. The van der Waals surface area contributed by atoms with Crippen LogP contribution in [-0.2, 0) is 0 Å². The van der Waals surface area contributed by atoms with E-state index < -0.39 is 17.3 Å². The Morgan fingerprint density at radius 2 is 2.21 bits per heavy atom. The Balaban J connectivity index is 2.32. The van der Waals surface area contributed by atoms with Crippen molar-refractivity contribution in [1.29, 1.82) is 5.26 Å². The third-order valence-electron chi connectivity index (χ3n) is 2.28. The molecule has 0 spiro atoms. The average Bonchev–Trinajstić information content (AvgIpc) is 2.39. The molecule has 0 fully saturated rings. The average molecular weight is 258 g/mol. The molecule has 0 saturated heterocycles. The molecule has 0 saturated carbocycles. The van der Waals surface area contributed by atoms with Crippen molar-refractivity contribution in [3.8, 4) is 17.6 Å². The van der Waals surface area contributed by atoms with Crippen molar-refractivity contribution < 1.29 is 19.0 Å². The molecule has 0 unspecified atom stereocenters. The Labute approximate surface area is 107 Å². The molecule has 1 N–H and O–H groups in total. The first-order chi connectivity index (χ1) is 9.11. The lowest BCUT2D eigenvalue weighted by molar-refractivity contribution is 0.0692. The van der Waals surface area contributed by atoms with Crippen LogP contribution in [0.4, 0.5) is 4.39 Å². The molecular weight excluding hydrogens is 251 g/mol. The summed E-state index contributed by atoms with van der Waals surface area (Å²) in [6.45, 7) is 0. The van der Waals surface area contributed by atoms with Crippen LogP contribution < -0.4 is 4.74 Å². The van der Waals surface area contributed by atoms with E-state index in [1.54, 1.807) is 6.07 Å². The fourth-order valence-corrected chi connectivity index (χ4v) is 1.42. The second-order valence-corrected chi connectivity index (χ2v) is 3.51. The van der Waals surface area contributed by atoms with Gasteiger partial charge in [-0.05, 0) is 24.3 Å². The van der Waals surface area contributed by atoms with Crippen LogP contribution in [0.3, 0.4) is 0 Å². The number of halogens is 1. The molecule has 19 heavy (non-hydrogen) atoms. The number of rotatable bonds is 3. The van der Waals surface area contributed by atoms with E-state index >= 15 is 0 Å². The van der Waals surface area contributed by atoms with E-state index in [-0.39, 0.29) is 17.2 Å². The molecule has 94 valence electrons. The van der Waals surface area contributed by atoms with Gasteiger partial charge >= 0.3 is 5.97 Å². The van der Waals surface area contributed by atoms with Gasteiger partial charge in [0.25, 0.3) is 0 Å². The smallest absolute Gasteiger partial charge is 0.338 e. The van der Waals surface area contributed by atoms with Gasteiger partial charge in [-0.1, -0.05) is 0 Å². The number of carbonyl (C=O) groups is 1. The second-order valence-electron chi connectivity index (χ2n) is 3.51. The Morgan fingerprint density at radius 1 is 1.42 bits per heavy atom. The zero-order valence-electron chi connectivity index (χ0n) is 9.50. The number of aromatic nitrogens is 1. The predicted octanol–water partition coefficient (Wildman–Crippen LogP) is 2.58. The molecule has 5 nitrogen and oxygen atoms in total. The first-order valence-corrected chi connectivity index (χ1v) is 5.17. The summed E-state index contributed by atoms with van der Waals surface area (Å²) < 4.78 is 18.7. The second kappa shape index (κ2) is 5.14.